The van der Waals surface area contributed by atoms with E-state index in [1.165, 1.54) is 9.40 Å². The summed E-state index contributed by atoms with van der Waals surface area (Å²) in [4.78, 5) is 14.8. The minimum absolute atomic E-state index is 0.943. The number of benzene rings is 4. The van der Waals surface area contributed by atoms with Crippen molar-refractivity contribution in [1.82, 2.24) is 9.97 Å². The number of para-hydroxylation sites is 3. The highest BCUT2D eigenvalue weighted by Crippen LogP contribution is 2.37. The van der Waals surface area contributed by atoms with Crippen LogP contribution in [0.3, 0.4) is 0 Å². The van der Waals surface area contributed by atoms with Crippen molar-refractivity contribution in [3.05, 3.63) is 103 Å². The number of aromatic nitrogens is 2. The van der Waals surface area contributed by atoms with Crippen LogP contribution in [0.4, 0.5) is 5.69 Å². The average Bonchev–Trinajstić information content (AvgIpc) is 3.52. The summed E-state index contributed by atoms with van der Waals surface area (Å²) in [6, 6.07) is 33.3. The van der Waals surface area contributed by atoms with Crippen LogP contribution in [0.25, 0.3) is 41.6 Å². The van der Waals surface area contributed by atoms with Crippen LogP contribution in [0.5, 0.6) is 0 Å². The van der Waals surface area contributed by atoms with Crippen molar-refractivity contribution < 1.29 is 0 Å². The van der Waals surface area contributed by atoms with Crippen molar-refractivity contribution in [2.24, 2.45) is 4.99 Å². The van der Waals surface area contributed by atoms with Gasteiger partial charge in [-0.2, -0.15) is 0 Å². The van der Waals surface area contributed by atoms with Crippen molar-refractivity contribution in [2.45, 2.75) is 0 Å². The summed E-state index contributed by atoms with van der Waals surface area (Å²) in [5, 5.41) is 2.98. The smallest absolute Gasteiger partial charge is 0.124 e. The maximum atomic E-state index is 4.95. The van der Waals surface area contributed by atoms with Crippen molar-refractivity contribution in [3.8, 4) is 21.1 Å². The van der Waals surface area contributed by atoms with Crippen LogP contribution in [0.1, 0.15) is 5.56 Å². The van der Waals surface area contributed by atoms with E-state index in [1.807, 2.05) is 42.5 Å². The van der Waals surface area contributed by atoms with E-state index in [0.717, 1.165) is 48.5 Å². The highest BCUT2D eigenvalue weighted by atomic mass is 32.2. The minimum Gasteiger partial charge on any atom is -0.241 e. The topological polar surface area (TPSA) is 38.1 Å². The number of hydrogen-bond acceptors (Lipinski definition) is 6. The molecule has 2 aromatic heterocycles. The van der Waals surface area contributed by atoms with E-state index in [4.69, 9.17) is 15.0 Å². The Bertz CT molecular complexity index is 1490. The van der Waals surface area contributed by atoms with Gasteiger partial charge in [-0.3, -0.25) is 0 Å². The van der Waals surface area contributed by atoms with E-state index in [2.05, 4.69) is 60.9 Å². The Kier molecular flexibility index (Phi) is 5.71. The van der Waals surface area contributed by atoms with Gasteiger partial charge in [0.15, 0.2) is 0 Å². The fourth-order valence-electron chi connectivity index (χ4n) is 3.84. The molecule has 0 aliphatic carbocycles. The van der Waals surface area contributed by atoms with Crippen molar-refractivity contribution >= 4 is 65.6 Å². The highest BCUT2D eigenvalue weighted by molar-refractivity contribution is 8.13. The number of thiazole rings is 2. The van der Waals surface area contributed by atoms with E-state index < -0.39 is 0 Å². The normalized spacial score (nSPS) is 12.0. The molecule has 0 spiro atoms. The summed E-state index contributed by atoms with van der Waals surface area (Å²) in [6.45, 7) is 0. The van der Waals surface area contributed by atoms with Gasteiger partial charge in [-0.25, -0.2) is 15.0 Å². The van der Waals surface area contributed by atoms with Gasteiger partial charge in [-0.05, 0) is 60.9 Å². The lowest BCUT2D eigenvalue weighted by molar-refractivity contribution is 1.45. The fourth-order valence-corrected chi connectivity index (χ4v) is 6.29. The third kappa shape index (κ3) is 4.16. The van der Waals surface area contributed by atoms with Crippen LogP contribution in [-0.4, -0.2) is 21.3 Å². The Morgan fingerprint density at radius 2 is 1.21 bits per heavy atom. The Labute approximate surface area is 209 Å². The summed E-state index contributed by atoms with van der Waals surface area (Å²) in [6.07, 6.45) is 2.07. The molecule has 6 aromatic rings. The van der Waals surface area contributed by atoms with Gasteiger partial charge in [0.2, 0.25) is 0 Å². The first-order valence-corrected chi connectivity index (χ1v) is 13.7. The zero-order valence-electron chi connectivity index (χ0n) is 18.3. The van der Waals surface area contributed by atoms with Gasteiger partial charge in [-0.1, -0.05) is 42.5 Å². The summed E-state index contributed by atoms with van der Waals surface area (Å²) in [5.41, 5.74) is 6.24. The largest absolute Gasteiger partial charge is 0.241 e. The van der Waals surface area contributed by atoms with Crippen molar-refractivity contribution in [1.29, 1.82) is 0 Å². The third-order valence-corrected chi connectivity index (χ3v) is 8.33. The molecule has 6 rings (SSSR count). The van der Waals surface area contributed by atoms with Gasteiger partial charge in [0.1, 0.15) is 15.1 Å². The average molecular weight is 494 g/mol. The Morgan fingerprint density at radius 1 is 0.676 bits per heavy atom. The summed E-state index contributed by atoms with van der Waals surface area (Å²) in [5.74, 6) is 0. The van der Waals surface area contributed by atoms with Crippen molar-refractivity contribution in [2.75, 3.05) is 6.26 Å². The second-order valence-corrected chi connectivity index (χ2v) is 10.6. The van der Waals surface area contributed by atoms with E-state index in [0.29, 0.717) is 0 Å². The molecule has 4 aromatic carbocycles. The van der Waals surface area contributed by atoms with Crippen LogP contribution < -0.4 is 0 Å². The van der Waals surface area contributed by atoms with E-state index in [-0.39, 0.29) is 0 Å². The second kappa shape index (κ2) is 9.14. The van der Waals surface area contributed by atoms with Gasteiger partial charge in [0, 0.05) is 16.7 Å². The van der Waals surface area contributed by atoms with Gasteiger partial charge in [0.25, 0.3) is 0 Å². The molecular formula is C28H19N3S3. The molecule has 0 bridgehead atoms. The molecule has 0 aliphatic heterocycles. The summed E-state index contributed by atoms with van der Waals surface area (Å²) < 4.78 is 2.37. The SMILES string of the molecule is CS/C(=N\c1ccccc1)c1cc(-c2nc3ccccc3s2)cc(-c2nc3ccccc3s2)c1. The maximum absolute atomic E-state index is 4.95. The predicted molar refractivity (Wildman–Crippen MR) is 150 cm³/mol. The number of nitrogens with zero attached hydrogens (tertiary/aromatic N) is 3. The molecule has 0 radical (unpaired) electrons. The van der Waals surface area contributed by atoms with Gasteiger partial charge < -0.3 is 0 Å². The van der Waals surface area contributed by atoms with E-state index in [9.17, 15) is 0 Å². The van der Waals surface area contributed by atoms with Gasteiger partial charge in [-0.15, -0.1) is 34.4 Å². The monoisotopic (exact) mass is 493 g/mol. The molecular weight excluding hydrogens is 475 g/mol. The minimum atomic E-state index is 0.943. The summed E-state index contributed by atoms with van der Waals surface area (Å²) >= 11 is 5.08. The number of aliphatic imine (C=N–C) groups is 1. The quantitative estimate of drug-likeness (QED) is 0.182. The predicted octanol–water partition coefficient (Wildman–Crippen LogP) is 8.68. The number of hydrogen-bond donors (Lipinski definition) is 0. The molecule has 164 valence electrons. The molecule has 0 amide bonds. The molecule has 0 saturated carbocycles. The zero-order valence-corrected chi connectivity index (χ0v) is 20.8. The van der Waals surface area contributed by atoms with Crippen molar-refractivity contribution in [3.63, 3.8) is 0 Å². The molecule has 2 heterocycles. The Balaban J connectivity index is 1.55. The highest BCUT2D eigenvalue weighted by Gasteiger charge is 2.15. The molecule has 3 nitrogen and oxygen atoms in total. The van der Waals surface area contributed by atoms with Gasteiger partial charge in [0.05, 0.1) is 26.1 Å². The first-order chi connectivity index (χ1) is 16.8. The van der Waals surface area contributed by atoms with Crippen LogP contribution in [0, 0.1) is 0 Å². The fraction of sp³-hybridized carbons (Fsp3) is 0.0357. The lowest BCUT2D eigenvalue weighted by atomic mass is 10.1. The molecule has 0 N–H and O–H groups in total. The molecule has 34 heavy (non-hydrogen) atoms. The standard InChI is InChI=1S/C28H19N3S3/c1-32-26(29-21-9-3-2-4-10-21)18-15-19(27-30-22-11-5-7-13-24(22)33-27)17-20(16-18)28-31-23-12-6-8-14-25(23)34-28/h2-17H,1H3/b29-26-. The van der Waals surface area contributed by atoms with E-state index >= 15 is 0 Å². The Hall–Kier alpha value is -3.32. The maximum Gasteiger partial charge on any atom is 0.124 e. The molecule has 0 atom stereocenters. The van der Waals surface area contributed by atoms with Crippen LogP contribution in [0.15, 0.2) is 102 Å². The van der Waals surface area contributed by atoms with Crippen LogP contribution >= 0.6 is 34.4 Å². The first-order valence-electron chi connectivity index (χ1n) is 10.8. The van der Waals surface area contributed by atoms with Crippen LogP contribution in [0.2, 0.25) is 0 Å². The molecule has 0 unspecified atom stereocenters. The summed E-state index contributed by atoms with van der Waals surface area (Å²) in [7, 11) is 0. The van der Waals surface area contributed by atoms with Crippen LogP contribution in [-0.2, 0) is 0 Å². The third-order valence-electron chi connectivity index (χ3n) is 5.44. The van der Waals surface area contributed by atoms with E-state index in [1.54, 1.807) is 34.4 Å². The molecule has 0 aliphatic rings. The molecule has 6 heteroatoms. The number of rotatable bonds is 4. The van der Waals surface area contributed by atoms with Gasteiger partial charge >= 0.3 is 0 Å². The Morgan fingerprint density at radius 3 is 1.74 bits per heavy atom. The zero-order chi connectivity index (χ0) is 22.9. The molecule has 0 saturated heterocycles. The lowest BCUT2D eigenvalue weighted by Gasteiger charge is -2.09. The lowest BCUT2D eigenvalue weighted by Crippen LogP contribution is -1.96. The number of fused-ring (bicyclic) bond motifs is 2. The second-order valence-electron chi connectivity index (χ2n) is 7.73. The first kappa shape index (κ1) is 21.2. The molecule has 0 fully saturated rings. The number of thioether (sulfide) groups is 1.